The molecule has 7 heteroatoms. The molecule has 140 valence electrons. The fourth-order valence-electron chi connectivity index (χ4n) is 3.10. The fourth-order valence-corrected chi connectivity index (χ4v) is 3.98. The van der Waals surface area contributed by atoms with E-state index in [0.29, 0.717) is 10.7 Å². The number of carbonyl (C=O) groups excluding carboxylic acids is 1. The van der Waals surface area contributed by atoms with E-state index in [2.05, 4.69) is 21.2 Å². The summed E-state index contributed by atoms with van der Waals surface area (Å²) in [6, 6.07) is 14.8. The molecule has 1 aliphatic heterocycles. The number of thiocarbonyl (C=S) groups is 1. The van der Waals surface area contributed by atoms with Gasteiger partial charge in [0.2, 0.25) is 0 Å². The van der Waals surface area contributed by atoms with E-state index in [9.17, 15) is 4.79 Å². The number of ether oxygens (including phenoxy) is 2. The SMILES string of the molecule is COC(=O)C1=C(C)N(c2ccc(OC)cc2)C(=S)NC1c1ccccc1Br. The molecule has 0 fully saturated rings. The Bertz CT molecular complexity index is 912. The molecule has 0 spiro atoms. The number of halogens is 1. The second-order valence-corrected chi connectivity index (χ2v) is 7.17. The minimum atomic E-state index is -0.407. The molecule has 1 unspecified atom stereocenters. The zero-order valence-electron chi connectivity index (χ0n) is 15.2. The molecule has 3 rings (SSSR count). The average molecular weight is 447 g/mol. The van der Waals surface area contributed by atoms with Gasteiger partial charge in [0.1, 0.15) is 5.75 Å². The molecule has 0 amide bonds. The number of nitrogens with zero attached hydrogens (tertiary/aromatic N) is 1. The number of hydrogen-bond donors (Lipinski definition) is 1. The van der Waals surface area contributed by atoms with Gasteiger partial charge in [0.05, 0.1) is 25.8 Å². The van der Waals surface area contributed by atoms with Crippen molar-refractivity contribution in [1.82, 2.24) is 5.32 Å². The van der Waals surface area contributed by atoms with Gasteiger partial charge in [0.25, 0.3) is 0 Å². The second kappa shape index (κ2) is 8.10. The molecule has 1 heterocycles. The normalized spacial score (nSPS) is 16.8. The molecule has 2 aromatic rings. The Morgan fingerprint density at radius 2 is 1.81 bits per heavy atom. The summed E-state index contributed by atoms with van der Waals surface area (Å²) in [4.78, 5) is 14.5. The molecular weight excluding hydrogens is 428 g/mol. The highest BCUT2D eigenvalue weighted by molar-refractivity contribution is 9.10. The van der Waals surface area contributed by atoms with Crippen molar-refractivity contribution in [3.8, 4) is 5.75 Å². The maximum atomic E-state index is 12.6. The van der Waals surface area contributed by atoms with E-state index < -0.39 is 12.0 Å². The number of benzene rings is 2. The predicted molar refractivity (Wildman–Crippen MR) is 113 cm³/mol. The van der Waals surface area contributed by atoms with Gasteiger partial charge in [-0.3, -0.25) is 4.90 Å². The molecule has 1 aliphatic rings. The van der Waals surface area contributed by atoms with Gasteiger partial charge in [-0.15, -0.1) is 0 Å². The highest BCUT2D eigenvalue weighted by atomic mass is 79.9. The minimum absolute atomic E-state index is 0.401. The third-order valence-electron chi connectivity index (χ3n) is 4.44. The van der Waals surface area contributed by atoms with Crippen LogP contribution in [0.2, 0.25) is 0 Å². The molecule has 0 aromatic heterocycles. The number of hydrogen-bond acceptors (Lipinski definition) is 4. The lowest BCUT2D eigenvalue weighted by Gasteiger charge is -2.37. The number of nitrogens with one attached hydrogen (secondary N) is 1. The van der Waals surface area contributed by atoms with Crippen molar-refractivity contribution in [3.63, 3.8) is 0 Å². The van der Waals surface area contributed by atoms with E-state index in [1.807, 2.05) is 60.4 Å². The van der Waals surface area contributed by atoms with Crippen LogP contribution in [0.15, 0.2) is 64.3 Å². The summed E-state index contributed by atoms with van der Waals surface area (Å²) in [7, 11) is 3.00. The lowest BCUT2D eigenvalue weighted by atomic mass is 9.95. The van der Waals surface area contributed by atoms with Crippen LogP contribution in [-0.4, -0.2) is 25.3 Å². The van der Waals surface area contributed by atoms with Gasteiger partial charge < -0.3 is 14.8 Å². The van der Waals surface area contributed by atoms with Gasteiger partial charge in [-0.05, 0) is 55.0 Å². The van der Waals surface area contributed by atoms with Crippen molar-refractivity contribution >= 4 is 44.9 Å². The lowest BCUT2D eigenvalue weighted by molar-refractivity contribution is -0.136. The molecular formula is C20H19BrN2O3S. The largest absolute Gasteiger partial charge is 0.497 e. The van der Waals surface area contributed by atoms with Crippen molar-refractivity contribution < 1.29 is 14.3 Å². The summed E-state index contributed by atoms with van der Waals surface area (Å²) < 4.78 is 11.2. The summed E-state index contributed by atoms with van der Waals surface area (Å²) in [5, 5.41) is 3.79. The zero-order valence-corrected chi connectivity index (χ0v) is 17.6. The van der Waals surface area contributed by atoms with Gasteiger partial charge in [-0.1, -0.05) is 34.1 Å². The van der Waals surface area contributed by atoms with E-state index in [0.717, 1.165) is 27.2 Å². The second-order valence-electron chi connectivity index (χ2n) is 5.93. The highest BCUT2D eigenvalue weighted by Gasteiger charge is 2.35. The standard InChI is InChI=1S/C20H19BrN2O3S/c1-12-17(19(24)26-3)18(15-6-4-5-7-16(15)21)22-20(27)23(12)13-8-10-14(25-2)11-9-13/h4-11,18H,1-3H3,(H,22,27). The minimum Gasteiger partial charge on any atom is -0.497 e. The summed E-state index contributed by atoms with van der Waals surface area (Å²) in [5.74, 6) is 0.345. The lowest BCUT2D eigenvalue weighted by Crippen LogP contribution is -2.48. The Balaban J connectivity index is 2.13. The van der Waals surface area contributed by atoms with E-state index in [4.69, 9.17) is 21.7 Å². The molecule has 27 heavy (non-hydrogen) atoms. The van der Waals surface area contributed by atoms with Crippen LogP contribution >= 0.6 is 28.1 Å². The Hall–Kier alpha value is -2.38. The zero-order chi connectivity index (χ0) is 19.6. The monoisotopic (exact) mass is 446 g/mol. The van der Waals surface area contributed by atoms with Gasteiger partial charge in [0.15, 0.2) is 5.11 Å². The molecule has 5 nitrogen and oxygen atoms in total. The van der Waals surface area contributed by atoms with Gasteiger partial charge in [-0.2, -0.15) is 0 Å². The third-order valence-corrected chi connectivity index (χ3v) is 5.46. The van der Waals surface area contributed by atoms with Crippen molar-refractivity contribution in [2.75, 3.05) is 19.1 Å². The first-order valence-corrected chi connectivity index (χ1v) is 9.46. The Kier molecular flexibility index (Phi) is 5.82. The third kappa shape index (κ3) is 3.70. The fraction of sp³-hybridized carbons (Fsp3) is 0.200. The van der Waals surface area contributed by atoms with Gasteiger partial charge in [0, 0.05) is 15.9 Å². The topological polar surface area (TPSA) is 50.8 Å². The van der Waals surface area contributed by atoms with E-state index in [-0.39, 0.29) is 0 Å². The highest BCUT2D eigenvalue weighted by Crippen LogP contribution is 2.36. The maximum absolute atomic E-state index is 12.6. The van der Waals surface area contributed by atoms with Crippen molar-refractivity contribution in [3.05, 3.63) is 69.8 Å². The first-order chi connectivity index (χ1) is 13.0. The van der Waals surface area contributed by atoms with Crippen LogP contribution < -0.4 is 15.0 Å². The van der Waals surface area contributed by atoms with E-state index in [1.54, 1.807) is 7.11 Å². The summed E-state index contributed by atoms with van der Waals surface area (Å²) in [6.45, 7) is 1.87. The van der Waals surface area contributed by atoms with Crippen LogP contribution in [0.4, 0.5) is 5.69 Å². The summed E-state index contributed by atoms with van der Waals surface area (Å²) in [5.41, 5.74) is 2.97. The quantitative estimate of drug-likeness (QED) is 0.556. The number of carbonyl (C=O) groups is 1. The Morgan fingerprint density at radius 3 is 2.41 bits per heavy atom. The number of allylic oxidation sites excluding steroid dienone is 1. The van der Waals surface area contributed by atoms with Crippen LogP contribution in [0.25, 0.3) is 0 Å². The van der Waals surface area contributed by atoms with Crippen molar-refractivity contribution in [2.24, 2.45) is 0 Å². The number of anilines is 1. The maximum Gasteiger partial charge on any atom is 0.337 e. The average Bonchev–Trinajstić information content (AvgIpc) is 2.68. The van der Waals surface area contributed by atoms with E-state index >= 15 is 0 Å². The van der Waals surface area contributed by atoms with Crippen LogP contribution in [0, 0.1) is 0 Å². The van der Waals surface area contributed by atoms with Crippen LogP contribution in [0.1, 0.15) is 18.5 Å². The van der Waals surface area contributed by atoms with Gasteiger partial charge >= 0.3 is 5.97 Å². The molecule has 0 bridgehead atoms. The van der Waals surface area contributed by atoms with Crippen LogP contribution in [-0.2, 0) is 9.53 Å². The number of rotatable bonds is 4. The molecule has 0 saturated carbocycles. The number of methoxy groups -OCH3 is 2. The smallest absolute Gasteiger partial charge is 0.337 e. The molecule has 0 aliphatic carbocycles. The Labute approximate surface area is 172 Å². The van der Waals surface area contributed by atoms with E-state index in [1.165, 1.54) is 7.11 Å². The summed E-state index contributed by atoms with van der Waals surface area (Å²) in [6.07, 6.45) is 0. The van der Waals surface area contributed by atoms with Crippen molar-refractivity contribution in [1.29, 1.82) is 0 Å². The molecule has 1 N–H and O–H groups in total. The number of esters is 1. The molecule has 2 aromatic carbocycles. The Morgan fingerprint density at radius 1 is 1.15 bits per heavy atom. The summed E-state index contributed by atoms with van der Waals surface area (Å²) >= 11 is 9.19. The first kappa shape index (κ1) is 19.4. The van der Waals surface area contributed by atoms with Crippen LogP contribution in [0.3, 0.4) is 0 Å². The first-order valence-electron chi connectivity index (χ1n) is 8.26. The van der Waals surface area contributed by atoms with Crippen LogP contribution in [0.5, 0.6) is 5.75 Å². The molecule has 0 radical (unpaired) electrons. The molecule has 0 saturated heterocycles. The van der Waals surface area contributed by atoms with Crippen molar-refractivity contribution in [2.45, 2.75) is 13.0 Å². The molecule has 1 atom stereocenters. The van der Waals surface area contributed by atoms with Gasteiger partial charge in [-0.25, -0.2) is 4.79 Å². The predicted octanol–water partition coefficient (Wildman–Crippen LogP) is 4.34.